The lowest BCUT2D eigenvalue weighted by atomic mass is 10.1. The van der Waals surface area contributed by atoms with Crippen LogP contribution in [0.4, 0.5) is 0 Å². The second-order valence-electron chi connectivity index (χ2n) is 3.91. The molecule has 88 valence electrons. The fourth-order valence-electron chi connectivity index (χ4n) is 1.77. The summed E-state index contributed by atoms with van der Waals surface area (Å²) in [7, 11) is 1.63. The van der Waals surface area contributed by atoms with E-state index in [0.717, 1.165) is 11.3 Å². The van der Waals surface area contributed by atoms with Crippen molar-refractivity contribution in [1.82, 2.24) is 0 Å². The molecule has 2 atom stereocenters. The van der Waals surface area contributed by atoms with Gasteiger partial charge in [-0.15, -0.1) is 0 Å². The number of aliphatic hydroxyl groups is 1. The van der Waals surface area contributed by atoms with Gasteiger partial charge in [-0.2, -0.15) is 0 Å². The SMILES string of the molecule is COc1ccc([C@@]2(C)OC[C@H](CO)O2)cc1. The van der Waals surface area contributed by atoms with Crippen LogP contribution in [0.3, 0.4) is 0 Å². The Balaban J connectivity index is 2.17. The number of hydrogen-bond donors (Lipinski definition) is 1. The number of rotatable bonds is 3. The normalized spacial score (nSPS) is 29.3. The van der Waals surface area contributed by atoms with Crippen LogP contribution < -0.4 is 4.74 Å². The molecule has 4 nitrogen and oxygen atoms in total. The first-order chi connectivity index (χ1) is 7.68. The van der Waals surface area contributed by atoms with Crippen molar-refractivity contribution in [3.63, 3.8) is 0 Å². The summed E-state index contributed by atoms with van der Waals surface area (Å²) in [6.07, 6.45) is -0.243. The molecule has 0 saturated carbocycles. The Labute approximate surface area is 94.8 Å². The Bertz CT molecular complexity index is 349. The maximum absolute atomic E-state index is 9.00. The molecular weight excluding hydrogens is 208 g/mol. The van der Waals surface area contributed by atoms with Crippen LogP contribution in [-0.4, -0.2) is 31.5 Å². The van der Waals surface area contributed by atoms with Crippen LogP contribution >= 0.6 is 0 Å². The zero-order chi connectivity index (χ0) is 11.6. The minimum Gasteiger partial charge on any atom is -0.497 e. The highest BCUT2D eigenvalue weighted by Crippen LogP contribution is 2.34. The van der Waals surface area contributed by atoms with Gasteiger partial charge in [0.25, 0.3) is 0 Å². The number of ether oxygens (including phenoxy) is 3. The van der Waals surface area contributed by atoms with Gasteiger partial charge in [0.2, 0.25) is 0 Å². The Kier molecular flexibility index (Phi) is 3.14. The number of hydrogen-bond acceptors (Lipinski definition) is 4. The van der Waals surface area contributed by atoms with Crippen molar-refractivity contribution in [3.8, 4) is 5.75 Å². The molecule has 2 rings (SSSR count). The van der Waals surface area contributed by atoms with Crippen molar-refractivity contribution in [2.75, 3.05) is 20.3 Å². The van der Waals surface area contributed by atoms with Gasteiger partial charge in [0.05, 0.1) is 20.3 Å². The predicted molar refractivity (Wildman–Crippen MR) is 58.3 cm³/mol. The van der Waals surface area contributed by atoms with Gasteiger partial charge >= 0.3 is 0 Å². The largest absolute Gasteiger partial charge is 0.497 e. The van der Waals surface area contributed by atoms with E-state index in [9.17, 15) is 0 Å². The van der Waals surface area contributed by atoms with Gasteiger partial charge in [0.1, 0.15) is 11.9 Å². The van der Waals surface area contributed by atoms with E-state index < -0.39 is 5.79 Å². The summed E-state index contributed by atoms with van der Waals surface area (Å²) in [6, 6.07) is 7.52. The van der Waals surface area contributed by atoms with Crippen LogP contribution in [0.5, 0.6) is 5.75 Å². The molecule has 1 aliphatic rings. The smallest absolute Gasteiger partial charge is 0.192 e. The quantitative estimate of drug-likeness (QED) is 0.840. The minimum absolute atomic E-state index is 0.0221. The van der Waals surface area contributed by atoms with Gasteiger partial charge in [-0.05, 0) is 31.2 Å². The molecule has 0 amide bonds. The van der Waals surface area contributed by atoms with Crippen molar-refractivity contribution >= 4 is 0 Å². The van der Waals surface area contributed by atoms with Crippen LogP contribution in [0.25, 0.3) is 0 Å². The predicted octanol–water partition coefficient (Wildman–Crippen LogP) is 1.28. The van der Waals surface area contributed by atoms with Crippen molar-refractivity contribution in [2.45, 2.75) is 18.8 Å². The van der Waals surface area contributed by atoms with E-state index in [0.29, 0.717) is 6.61 Å². The fourth-order valence-corrected chi connectivity index (χ4v) is 1.77. The molecule has 0 bridgehead atoms. The molecule has 0 aromatic heterocycles. The van der Waals surface area contributed by atoms with E-state index in [2.05, 4.69) is 0 Å². The minimum atomic E-state index is -0.764. The lowest BCUT2D eigenvalue weighted by Gasteiger charge is -2.23. The lowest BCUT2D eigenvalue weighted by Crippen LogP contribution is -2.24. The van der Waals surface area contributed by atoms with Gasteiger partial charge < -0.3 is 19.3 Å². The third kappa shape index (κ3) is 2.04. The third-order valence-electron chi connectivity index (χ3n) is 2.75. The van der Waals surface area contributed by atoms with Crippen LogP contribution in [0.2, 0.25) is 0 Å². The lowest BCUT2D eigenvalue weighted by molar-refractivity contribution is -0.165. The van der Waals surface area contributed by atoms with Crippen molar-refractivity contribution in [3.05, 3.63) is 29.8 Å². The zero-order valence-corrected chi connectivity index (χ0v) is 9.47. The molecule has 0 radical (unpaired) electrons. The number of methoxy groups -OCH3 is 1. The average Bonchev–Trinajstić information content (AvgIpc) is 2.73. The summed E-state index contributed by atoms with van der Waals surface area (Å²) in [5.74, 6) is 0.0312. The average molecular weight is 224 g/mol. The number of benzene rings is 1. The van der Waals surface area contributed by atoms with E-state index in [1.165, 1.54) is 0 Å². The van der Waals surface area contributed by atoms with Crippen molar-refractivity contribution in [1.29, 1.82) is 0 Å². The summed E-state index contributed by atoms with van der Waals surface area (Å²) < 4.78 is 16.3. The van der Waals surface area contributed by atoms with Gasteiger partial charge in [-0.1, -0.05) is 0 Å². The maximum Gasteiger partial charge on any atom is 0.192 e. The van der Waals surface area contributed by atoms with Gasteiger partial charge in [0.15, 0.2) is 5.79 Å². The molecule has 1 fully saturated rings. The zero-order valence-electron chi connectivity index (χ0n) is 9.47. The molecule has 1 heterocycles. The van der Waals surface area contributed by atoms with Crippen LogP contribution in [0.15, 0.2) is 24.3 Å². The molecule has 0 unspecified atom stereocenters. The van der Waals surface area contributed by atoms with E-state index >= 15 is 0 Å². The molecular formula is C12H16O4. The summed E-state index contributed by atoms with van der Waals surface area (Å²) in [6.45, 7) is 2.25. The highest BCUT2D eigenvalue weighted by atomic mass is 16.7. The first kappa shape index (κ1) is 11.4. The summed E-state index contributed by atoms with van der Waals surface area (Å²) in [4.78, 5) is 0. The standard InChI is InChI=1S/C12H16O4/c1-12(15-8-11(7-13)16-12)9-3-5-10(14-2)6-4-9/h3-6,11,13H,7-8H2,1-2H3/t11-,12-/m0/s1. The molecule has 1 N–H and O–H groups in total. The molecule has 1 aromatic rings. The van der Waals surface area contributed by atoms with E-state index in [1.807, 2.05) is 31.2 Å². The fraction of sp³-hybridized carbons (Fsp3) is 0.500. The Morgan fingerprint density at radius 3 is 2.62 bits per heavy atom. The Hall–Kier alpha value is -1.10. The highest BCUT2D eigenvalue weighted by Gasteiger charge is 2.38. The monoisotopic (exact) mass is 224 g/mol. The van der Waals surface area contributed by atoms with Crippen LogP contribution in [0, 0.1) is 0 Å². The van der Waals surface area contributed by atoms with Gasteiger partial charge in [-0.25, -0.2) is 0 Å². The Morgan fingerprint density at radius 1 is 1.44 bits per heavy atom. The van der Waals surface area contributed by atoms with Gasteiger partial charge in [-0.3, -0.25) is 0 Å². The van der Waals surface area contributed by atoms with Gasteiger partial charge in [0, 0.05) is 5.56 Å². The van der Waals surface area contributed by atoms with Crippen LogP contribution in [0.1, 0.15) is 12.5 Å². The summed E-state index contributed by atoms with van der Waals surface area (Å²) >= 11 is 0. The molecule has 1 aromatic carbocycles. The molecule has 4 heteroatoms. The Morgan fingerprint density at radius 2 is 2.12 bits per heavy atom. The topological polar surface area (TPSA) is 47.9 Å². The molecule has 0 aliphatic carbocycles. The summed E-state index contributed by atoms with van der Waals surface area (Å²) in [5.41, 5.74) is 0.921. The number of aliphatic hydroxyl groups excluding tert-OH is 1. The van der Waals surface area contributed by atoms with Crippen molar-refractivity contribution in [2.24, 2.45) is 0 Å². The van der Waals surface area contributed by atoms with Crippen molar-refractivity contribution < 1.29 is 19.3 Å². The molecule has 1 saturated heterocycles. The van der Waals surface area contributed by atoms with E-state index in [1.54, 1.807) is 7.11 Å². The maximum atomic E-state index is 9.00. The first-order valence-electron chi connectivity index (χ1n) is 5.25. The van der Waals surface area contributed by atoms with E-state index in [-0.39, 0.29) is 12.7 Å². The second-order valence-corrected chi connectivity index (χ2v) is 3.91. The summed E-state index contributed by atoms with van der Waals surface area (Å²) in [5, 5.41) is 9.00. The van der Waals surface area contributed by atoms with E-state index in [4.69, 9.17) is 19.3 Å². The molecule has 1 aliphatic heterocycles. The highest BCUT2D eigenvalue weighted by molar-refractivity contribution is 5.29. The molecule has 0 spiro atoms. The second kappa shape index (κ2) is 4.41. The third-order valence-corrected chi connectivity index (χ3v) is 2.75. The molecule has 16 heavy (non-hydrogen) atoms. The van der Waals surface area contributed by atoms with Crippen LogP contribution in [-0.2, 0) is 15.3 Å². The first-order valence-corrected chi connectivity index (χ1v) is 5.25.